The van der Waals surface area contributed by atoms with Crippen LogP contribution in [0.5, 0.6) is 5.75 Å². The van der Waals surface area contributed by atoms with E-state index in [0.717, 1.165) is 39.6 Å². The third-order valence-electron chi connectivity index (χ3n) is 4.66. The molecule has 1 amide bonds. The second kappa shape index (κ2) is 8.68. The lowest BCUT2D eigenvalue weighted by molar-refractivity contribution is -0.120. The van der Waals surface area contributed by atoms with E-state index < -0.39 is 0 Å². The fourth-order valence-corrected chi connectivity index (χ4v) is 4.08. The number of imidazole rings is 1. The Balaban J connectivity index is 1.37. The van der Waals surface area contributed by atoms with Crippen molar-refractivity contribution in [2.24, 2.45) is 0 Å². The van der Waals surface area contributed by atoms with Gasteiger partial charge in [0.2, 0.25) is 5.91 Å². The highest BCUT2D eigenvalue weighted by Gasteiger charge is 2.12. The molecule has 0 aliphatic heterocycles. The van der Waals surface area contributed by atoms with Crippen molar-refractivity contribution >= 4 is 33.8 Å². The van der Waals surface area contributed by atoms with Gasteiger partial charge in [0.1, 0.15) is 5.75 Å². The summed E-state index contributed by atoms with van der Waals surface area (Å²) in [6.45, 7) is 0.596. The molecule has 0 fully saturated rings. The predicted molar refractivity (Wildman–Crippen MR) is 117 cm³/mol. The number of nitrogens with one attached hydrogen (secondary N) is 1. The number of benzene rings is 2. The Hall–Kier alpha value is -2.83. The number of amides is 1. The van der Waals surface area contributed by atoms with Crippen LogP contribution < -0.4 is 10.1 Å². The van der Waals surface area contributed by atoms with E-state index in [1.54, 1.807) is 7.11 Å². The van der Waals surface area contributed by atoms with E-state index in [0.29, 0.717) is 18.0 Å². The quantitative estimate of drug-likeness (QED) is 0.469. The molecule has 1 N–H and O–H groups in total. The van der Waals surface area contributed by atoms with E-state index >= 15 is 0 Å². The van der Waals surface area contributed by atoms with E-state index in [-0.39, 0.29) is 5.91 Å². The second-order valence-electron chi connectivity index (χ2n) is 6.64. The molecule has 0 atom stereocenters. The van der Waals surface area contributed by atoms with Gasteiger partial charge in [0.15, 0.2) is 4.96 Å². The molecule has 148 valence electrons. The first-order valence-corrected chi connectivity index (χ1v) is 10.5. The molecule has 0 spiro atoms. The van der Waals surface area contributed by atoms with Crippen molar-refractivity contribution in [3.8, 4) is 17.0 Å². The van der Waals surface area contributed by atoms with Crippen LogP contribution in [0.1, 0.15) is 11.3 Å². The van der Waals surface area contributed by atoms with Crippen molar-refractivity contribution in [2.75, 3.05) is 13.7 Å². The summed E-state index contributed by atoms with van der Waals surface area (Å²) in [7, 11) is 1.65. The number of hydrogen-bond acceptors (Lipinski definition) is 4. The number of carbonyl (C=O) groups excluding carboxylic acids is 1. The fraction of sp³-hybridized carbons (Fsp3) is 0.182. The number of methoxy groups -OCH3 is 1. The standard InChI is InChI=1S/C22H20ClN3O2S/c1-28-19-8-2-15(3-9-19)10-11-24-21(27)12-18-14-29-22-25-20(13-26(18)22)16-4-6-17(23)7-5-16/h2-9,13-14H,10-12H2,1H3,(H,24,27). The zero-order chi connectivity index (χ0) is 20.2. The predicted octanol–water partition coefficient (Wildman–Crippen LogP) is 4.63. The van der Waals surface area contributed by atoms with Gasteiger partial charge in [-0.05, 0) is 36.2 Å². The molecule has 0 unspecified atom stereocenters. The maximum Gasteiger partial charge on any atom is 0.225 e. The van der Waals surface area contributed by atoms with Crippen LogP contribution in [-0.4, -0.2) is 28.9 Å². The number of rotatable bonds is 7. The molecule has 2 heterocycles. The van der Waals surface area contributed by atoms with Crippen LogP contribution in [0.15, 0.2) is 60.1 Å². The largest absolute Gasteiger partial charge is 0.497 e. The number of aromatic nitrogens is 2. The van der Waals surface area contributed by atoms with Crippen molar-refractivity contribution in [3.05, 3.63) is 76.4 Å². The van der Waals surface area contributed by atoms with Gasteiger partial charge in [0, 0.05) is 34.4 Å². The Morgan fingerprint density at radius 2 is 1.93 bits per heavy atom. The number of hydrogen-bond donors (Lipinski definition) is 1. The number of thiazole rings is 1. The van der Waals surface area contributed by atoms with Crippen molar-refractivity contribution in [3.63, 3.8) is 0 Å². The number of ether oxygens (including phenoxy) is 1. The minimum absolute atomic E-state index is 0.0000420. The summed E-state index contributed by atoms with van der Waals surface area (Å²) < 4.78 is 7.14. The van der Waals surface area contributed by atoms with Crippen LogP contribution in [-0.2, 0) is 17.6 Å². The van der Waals surface area contributed by atoms with Gasteiger partial charge in [-0.1, -0.05) is 35.9 Å². The highest BCUT2D eigenvalue weighted by atomic mass is 35.5. The van der Waals surface area contributed by atoms with Crippen molar-refractivity contribution < 1.29 is 9.53 Å². The van der Waals surface area contributed by atoms with Crippen molar-refractivity contribution in [1.82, 2.24) is 14.7 Å². The van der Waals surface area contributed by atoms with Gasteiger partial charge >= 0.3 is 0 Å². The molecule has 4 aromatic rings. The lowest BCUT2D eigenvalue weighted by atomic mass is 10.1. The summed E-state index contributed by atoms with van der Waals surface area (Å²) in [6.07, 6.45) is 3.06. The van der Waals surface area contributed by atoms with Gasteiger partial charge in [-0.15, -0.1) is 11.3 Å². The first-order chi connectivity index (χ1) is 14.1. The first kappa shape index (κ1) is 19.5. The van der Waals surface area contributed by atoms with Crippen LogP contribution in [0, 0.1) is 0 Å². The summed E-state index contributed by atoms with van der Waals surface area (Å²) in [5, 5.41) is 5.67. The second-order valence-corrected chi connectivity index (χ2v) is 7.91. The van der Waals surface area contributed by atoms with E-state index in [2.05, 4.69) is 10.3 Å². The van der Waals surface area contributed by atoms with E-state index in [1.165, 1.54) is 11.3 Å². The summed E-state index contributed by atoms with van der Waals surface area (Å²) in [6, 6.07) is 15.5. The molecule has 0 saturated carbocycles. The molecule has 2 aromatic carbocycles. The Morgan fingerprint density at radius 1 is 1.17 bits per heavy atom. The first-order valence-electron chi connectivity index (χ1n) is 9.23. The van der Waals surface area contributed by atoms with Gasteiger partial charge in [0.25, 0.3) is 0 Å². The SMILES string of the molecule is COc1ccc(CCNC(=O)Cc2csc3nc(-c4ccc(Cl)cc4)cn23)cc1. The molecule has 0 bridgehead atoms. The number of halogens is 1. The molecule has 0 aliphatic rings. The average molecular weight is 426 g/mol. The number of fused-ring (bicyclic) bond motifs is 1. The van der Waals surface area contributed by atoms with E-state index in [1.807, 2.05) is 64.5 Å². The Bertz CT molecular complexity index is 1120. The topological polar surface area (TPSA) is 55.6 Å². The number of nitrogens with zero attached hydrogens (tertiary/aromatic N) is 2. The third-order valence-corrected chi connectivity index (χ3v) is 5.80. The summed E-state index contributed by atoms with van der Waals surface area (Å²) >= 11 is 7.49. The molecule has 7 heteroatoms. The van der Waals surface area contributed by atoms with Crippen LogP contribution in [0.25, 0.3) is 16.2 Å². The smallest absolute Gasteiger partial charge is 0.225 e. The number of carbonyl (C=O) groups is 1. The van der Waals surface area contributed by atoms with Crippen molar-refractivity contribution in [2.45, 2.75) is 12.8 Å². The molecular formula is C22H20ClN3O2S. The van der Waals surface area contributed by atoms with Gasteiger partial charge in [0.05, 0.1) is 19.2 Å². The third kappa shape index (κ3) is 4.60. The zero-order valence-electron chi connectivity index (χ0n) is 15.9. The Morgan fingerprint density at radius 3 is 2.66 bits per heavy atom. The molecule has 2 aromatic heterocycles. The van der Waals surface area contributed by atoms with E-state index in [4.69, 9.17) is 16.3 Å². The lowest BCUT2D eigenvalue weighted by Crippen LogP contribution is -2.27. The Kier molecular flexibility index (Phi) is 5.83. The fourth-order valence-electron chi connectivity index (χ4n) is 3.08. The van der Waals surface area contributed by atoms with E-state index in [9.17, 15) is 4.79 Å². The maximum absolute atomic E-state index is 12.4. The highest BCUT2D eigenvalue weighted by Crippen LogP contribution is 2.25. The highest BCUT2D eigenvalue weighted by molar-refractivity contribution is 7.15. The van der Waals surface area contributed by atoms with Gasteiger partial charge in [-0.3, -0.25) is 9.20 Å². The molecule has 0 radical (unpaired) electrons. The normalized spacial score (nSPS) is 11.0. The van der Waals surface area contributed by atoms with Gasteiger partial charge in [-0.25, -0.2) is 4.98 Å². The van der Waals surface area contributed by atoms with Crippen molar-refractivity contribution in [1.29, 1.82) is 0 Å². The molecule has 29 heavy (non-hydrogen) atoms. The molecule has 5 nitrogen and oxygen atoms in total. The van der Waals surface area contributed by atoms with Crippen LogP contribution in [0.4, 0.5) is 0 Å². The summed E-state index contributed by atoms with van der Waals surface area (Å²) in [4.78, 5) is 17.9. The summed E-state index contributed by atoms with van der Waals surface area (Å²) in [5.74, 6) is 0.831. The zero-order valence-corrected chi connectivity index (χ0v) is 17.5. The van der Waals surface area contributed by atoms with Crippen LogP contribution in [0.3, 0.4) is 0 Å². The molecule has 0 saturated heterocycles. The minimum atomic E-state index is -0.0000420. The average Bonchev–Trinajstić information content (AvgIpc) is 3.31. The monoisotopic (exact) mass is 425 g/mol. The minimum Gasteiger partial charge on any atom is -0.497 e. The maximum atomic E-state index is 12.4. The molecule has 4 rings (SSSR count). The van der Waals surface area contributed by atoms with Crippen LogP contribution >= 0.6 is 22.9 Å². The van der Waals surface area contributed by atoms with Crippen LogP contribution in [0.2, 0.25) is 5.02 Å². The Labute approximate surface area is 177 Å². The van der Waals surface area contributed by atoms with Gasteiger partial charge in [-0.2, -0.15) is 0 Å². The molecule has 0 aliphatic carbocycles. The summed E-state index contributed by atoms with van der Waals surface area (Å²) in [5.41, 5.74) is 3.96. The van der Waals surface area contributed by atoms with Gasteiger partial charge < -0.3 is 10.1 Å². The molecular weight excluding hydrogens is 406 g/mol. The lowest BCUT2D eigenvalue weighted by Gasteiger charge is -2.06.